The highest BCUT2D eigenvalue weighted by atomic mass is 35.5. The van der Waals surface area contributed by atoms with Gasteiger partial charge in [0.2, 0.25) is 0 Å². The zero-order chi connectivity index (χ0) is 24.6. The van der Waals surface area contributed by atoms with Crippen LogP contribution in [0, 0.1) is 17.5 Å². The van der Waals surface area contributed by atoms with Gasteiger partial charge in [-0.2, -0.15) is 0 Å². The first-order valence-corrected chi connectivity index (χ1v) is 10.5. The number of rotatable bonds is 4. The lowest BCUT2D eigenvalue weighted by molar-refractivity contribution is -0.0241. The van der Waals surface area contributed by atoms with Crippen LogP contribution in [0.5, 0.6) is 0 Å². The number of benzene rings is 1. The topological polar surface area (TPSA) is 82.4 Å². The Kier molecular flexibility index (Phi) is 6.67. The molecule has 0 saturated carbocycles. The molecule has 12 heteroatoms. The second kappa shape index (κ2) is 9.51. The molecule has 0 unspecified atom stereocenters. The molecule has 1 amide bonds. The zero-order valence-electron chi connectivity index (χ0n) is 18.1. The van der Waals surface area contributed by atoms with E-state index in [0.717, 1.165) is 7.11 Å². The van der Waals surface area contributed by atoms with Crippen LogP contribution < -0.4 is 0 Å². The van der Waals surface area contributed by atoms with Crippen molar-refractivity contribution in [3.05, 3.63) is 58.1 Å². The molecule has 3 aromatic rings. The van der Waals surface area contributed by atoms with E-state index < -0.39 is 46.7 Å². The van der Waals surface area contributed by atoms with E-state index >= 15 is 8.78 Å². The average molecular weight is 498 g/mol. The normalized spacial score (nSPS) is 16.1. The highest BCUT2D eigenvalue weighted by molar-refractivity contribution is 6.30. The van der Waals surface area contributed by atoms with Crippen molar-refractivity contribution in [1.29, 1.82) is 0 Å². The summed E-state index contributed by atoms with van der Waals surface area (Å²) in [5.41, 5.74) is -1.26. The molecule has 0 spiro atoms. The van der Waals surface area contributed by atoms with E-state index in [2.05, 4.69) is 9.72 Å². The van der Waals surface area contributed by atoms with Gasteiger partial charge >= 0.3 is 12.1 Å². The predicted octanol–water partition coefficient (Wildman–Crippen LogP) is 3.87. The predicted molar refractivity (Wildman–Crippen MR) is 114 cm³/mol. The first-order chi connectivity index (χ1) is 16.2. The number of hydrogen-bond acceptors (Lipinski definition) is 6. The Morgan fingerprint density at radius 2 is 1.97 bits per heavy atom. The SMILES string of the molecule is COC(=O)c1cc(F)c(-c2nc3cc(Cl)ccn3c2C[C@H]2CN(C(=O)OC)CCO2)c(F)c1F. The second-order valence-corrected chi connectivity index (χ2v) is 7.93. The van der Waals surface area contributed by atoms with Gasteiger partial charge in [0.25, 0.3) is 0 Å². The fourth-order valence-corrected chi connectivity index (χ4v) is 4.04. The highest BCUT2D eigenvalue weighted by Crippen LogP contribution is 2.34. The van der Waals surface area contributed by atoms with Crippen LogP contribution in [0.3, 0.4) is 0 Å². The maximum absolute atomic E-state index is 15.1. The van der Waals surface area contributed by atoms with Crippen LogP contribution in [0.15, 0.2) is 24.4 Å². The molecule has 1 aromatic carbocycles. The average Bonchev–Trinajstić information content (AvgIpc) is 3.17. The lowest BCUT2D eigenvalue weighted by Crippen LogP contribution is -2.46. The molecule has 3 heterocycles. The molecule has 1 saturated heterocycles. The van der Waals surface area contributed by atoms with E-state index in [0.29, 0.717) is 23.3 Å². The van der Waals surface area contributed by atoms with Gasteiger partial charge in [-0.25, -0.2) is 27.7 Å². The molecule has 1 atom stereocenters. The minimum atomic E-state index is -1.59. The van der Waals surface area contributed by atoms with Gasteiger partial charge in [-0.05, 0) is 12.1 Å². The minimum absolute atomic E-state index is 0.0743. The second-order valence-electron chi connectivity index (χ2n) is 7.49. The van der Waals surface area contributed by atoms with Gasteiger partial charge in [0.1, 0.15) is 17.0 Å². The number of carbonyl (C=O) groups is 2. The number of carbonyl (C=O) groups excluding carboxylic acids is 2. The van der Waals surface area contributed by atoms with E-state index in [-0.39, 0.29) is 30.9 Å². The molecule has 180 valence electrons. The Morgan fingerprint density at radius 3 is 2.68 bits per heavy atom. The fourth-order valence-electron chi connectivity index (χ4n) is 3.89. The Morgan fingerprint density at radius 1 is 1.21 bits per heavy atom. The number of nitrogens with zero attached hydrogens (tertiary/aromatic N) is 3. The third-order valence-corrected chi connectivity index (χ3v) is 5.72. The van der Waals surface area contributed by atoms with Crippen molar-refractivity contribution >= 4 is 29.3 Å². The third kappa shape index (κ3) is 4.28. The van der Waals surface area contributed by atoms with Crippen molar-refractivity contribution in [2.75, 3.05) is 33.9 Å². The molecule has 34 heavy (non-hydrogen) atoms. The molecule has 0 N–H and O–H groups in total. The number of fused-ring (bicyclic) bond motifs is 1. The molecule has 2 aromatic heterocycles. The van der Waals surface area contributed by atoms with Gasteiger partial charge in [0.05, 0.1) is 50.4 Å². The molecule has 4 rings (SSSR count). The summed E-state index contributed by atoms with van der Waals surface area (Å²) in [5, 5.41) is 0.328. The van der Waals surface area contributed by atoms with Crippen LogP contribution in [0.25, 0.3) is 16.9 Å². The maximum Gasteiger partial charge on any atom is 0.409 e. The van der Waals surface area contributed by atoms with E-state index in [4.69, 9.17) is 21.1 Å². The number of hydrogen-bond donors (Lipinski definition) is 0. The van der Waals surface area contributed by atoms with Gasteiger partial charge in [0.15, 0.2) is 11.6 Å². The van der Waals surface area contributed by atoms with Crippen LogP contribution in [0.4, 0.5) is 18.0 Å². The molecule has 0 radical (unpaired) electrons. The summed E-state index contributed by atoms with van der Waals surface area (Å²) in [6.07, 6.45) is 0.535. The summed E-state index contributed by atoms with van der Waals surface area (Å²) in [6, 6.07) is 3.60. The van der Waals surface area contributed by atoms with Crippen molar-refractivity contribution in [3.63, 3.8) is 0 Å². The van der Waals surface area contributed by atoms with E-state index in [9.17, 15) is 14.0 Å². The smallest absolute Gasteiger partial charge is 0.409 e. The summed E-state index contributed by atoms with van der Waals surface area (Å²) in [6.45, 7) is 0.707. The molecule has 1 fully saturated rings. The number of esters is 1. The van der Waals surface area contributed by atoms with Crippen molar-refractivity contribution in [2.24, 2.45) is 0 Å². The Hall–Kier alpha value is -3.31. The van der Waals surface area contributed by atoms with Crippen LogP contribution in [0.2, 0.25) is 5.02 Å². The molecule has 0 bridgehead atoms. The number of aromatic nitrogens is 2. The lowest BCUT2D eigenvalue weighted by atomic mass is 10.0. The molecular weight excluding hydrogens is 479 g/mol. The van der Waals surface area contributed by atoms with E-state index in [1.54, 1.807) is 16.7 Å². The number of halogens is 4. The quantitative estimate of drug-likeness (QED) is 0.402. The minimum Gasteiger partial charge on any atom is -0.465 e. The number of imidazole rings is 1. The number of amides is 1. The number of methoxy groups -OCH3 is 2. The summed E-state index contributed by atoms with van der Waals surface area (Å²) in [5.74, 6) is -5.56. The van der Waals surface area contributed by atoms with Gasteiger partial charge in [-0.3, -0.25) is 0 Å². The molecular formula is C22H19ClF3N3O5. The highest BCUT2D eigenvalue weighted by Gasteiger charge is 2.31. The van der Waals surface area contributed by atoms with Crippen LogP contribution >= 0.6 is 11.6 Å². The molecule has 0 aliphatic carbocycles. The lowest BCUT2D eigenvalue weighted by Gasteiger charge is -2.32. The van der Waals surface area contributed by atoms with Crippen LogP contribution in [-0.4, -0.2) is 66.4 Å². The molecule has 1 aliphatic rings. The Balaban J connectivity index is 1.83. The Bertz CT molecular complexity index is 1280. The zero-order valence-corrected chi connectivity index (χ0v) is 18.9. The van der Waals surface area contributed by atoms with E-state index in [1.807, 2.05) is 0 Å². The summed E-state index contributed by atoms with van der Waals surface area (Å²) in [7, 11) is 2.23. The van der Waals surface area contributed by atoms with E-state index in [1.165, 1.54) is 18.1 Å². The number of pyridine rings is 1. The van der Waals surface area contributed by atoms with Crippen molar-refractivity contribution in [3.8, 4) is 11.3 Å². The largest absolute Gasteiger partial charge is 0.465 e. The number of ether oxygens (including phenoxy) is 3. The summed E-state index contributed by atoms with van der Waals surface area (Å²) in [4.78, 5) is 29.4. The van der Waals surface area contributed by atoms with Crippen molar-refractivity contribution in [1.82, 2.24) is 14.3 Å². The maximum atomic E-state index is 15.1. The third-order valence-electron chi connectivity index (χ3n) is 5.48. The fraction of sp³-hybridized carbons (Fsp3) is 0.318. The summed E-state index contributed by atoms with van der Waals surface area (Å²) < 4.78 is 61.3. The Labute approximate surface area is 196 Å². The number of morpholine rings is 1. The first kappa shape index (κ1) is 23.8. The monoisotopic (exact) mass is 497 g/mol. The molecule has 1 aliphatic heterocycles. The summed E-state index contributed by atoms with van der Waals surface area (Å²) >= 11 is 6.05. The van der Waals surface area contributed by atoms with Crippen LogP contribution in [0.1, 0.15) is 16.1 Å². The van der Waals surface area contributed by atoms with Gasteiger partial charge in [0, 0.05) is 30.3 Å². The van der Waals surface area contributed by atoms with Gasteiger partial charge in [-0.1, -0.05) is 11.6 Å². The molecule has 8 nitrogen and oxygen atoms in total. The van der Waals surface area contributed by atoms with Gasteiger partial charge < -0.3 is 23.5 Å². The van der Waals surface area contributed by atoms with Crippen molar-refractivity contribution < 1.29 is 37.0 Å². The standard InChI is InChI=1S/C22H19ClF3N3O5/c1-32-21(30)13-9-14(24)17(19(26)18(13)25)20-15(29-4-3-11(23)7-16(29)27-20)8-12-10-28(5-6-34-12)22(31)33-2/h3-4,7,9,12H,5-6,8,10H2,1-2H3/t12-/m0/s1. The van der Waals surface area contributed by atoms with Crippen LogP contribution in [-0.2, 0) is 20.6 Å². The first-order valence-electron chi connectivity index (χ1n) is 10.1. The van der Waals surface area contributed by atoms with Gasteiger partial charge in [-0.15, -0.1) is 0 Å². The van der Waals surface area contributed by atoms with Crippen molar-refractivity contribution in [2.45, 2.75) is 12.5 Å².